The van der Waals surface area contributed by atoms with E-state index in [0.29, 0.717) is 26.4 Å². The molecule has 0 radical (unpaired) electrons. The highest BCUT2D eigenvalue weighted by atomic mass is 31.2. The highest BCUT2D eigenvalue weighted by Crippen LogP contribution is 2.33. The van der Waals surface area contributed by atoms with E-state index in [-0.39, 0.29) is 13.2 Å². The summed E-state index contributed by atoms with van der Waals surface area (Å²) in [4.78, 5) is 25.4. The van der Waals surface area contributed by atoms with Gasteiger partial charge >= 0.3 is 13.6 Å². The van der Waals surface area contributed by atoms with Crippen LogP contribution >= 0.6 is 7.60 Å². The molecule has 0 aliphatic rings. The second-order valence-electron chi connectivity index (χ2n) is 2.89. The standard InChI is InChI=1S/C6H14O4.C2H5O5P/c7-1-3-9-5-6-10-4-2-8;3-2(4)1-8(5,6)7/h7-8H,1-6H2;1H2,(H,3,4)(H2,5,6,7). The van der Waals surface area contributed by atoms with Gasteiger partial charge in [-0.15, -0.1) is 0 Å². The zero-order valence-corrected chi connectivity index (χ0v) is 10.7. The molecular formula is C8H19O9P. The summed E-state index contributed by atoms with van der Waals surface area (Å²) in [6.45, 7) is 1.73. The number of carbonyl (C=O) groups is 1. The highest BCUT2D eigenvalue weighted by molar-refractivity contribution is 7.52. The van der Waals surface area contributed by atoms with E-state index in [1.807, 2.05) is 0 Å². The molecule has 0 saturated heterocycles. The minimum absolute atomic E-state index is 0.0417. The van der Waals surface area contributed by atoms with Crippen molar-refractivity contribution in [3.63, 3.8) is 0 Å². The summed E-state index contributed by atoms with van der Waals surface area (Å²) >= 11 is 0. The number of carboxylic acid groups (broad SMARTS) is 1. The van der Waals surface area contributed by atoms with Crippen LogP contribution in [0.2, 0.25) is 0 Å². The van der Waals surface area contributed by atoms with Crippen molar-refractivity contribution in [1.82, 2.24) is 0 Å². The van der Waals surface area contributed by atoms with Gasteiger partial charge in [-0.1, -0.05) is 0 Å². The number of aliphatic carboxylic acids is 1. The van der Waals surface area contributed by atoms with E-state index in [1.54, 1.807) is 0 Å². The van der Waals surface area contributed by atoms with Crippen molar-refractivity contribution in [3.8, 4) is 0 Å². The van der Waals surface area contributed by atoms with Crippen molar-refractivity contribution in [2.45, 2.75) is 0 Å². The lowest BCUT2D eigenvalue weighted by atomic mass is 10.7. The lowest BCUT2D eigenvalue weighted by Gasteiger charge is -2.01. The summed E-state index contributed by atoms with van der Waals surface area (Å²) in [6.07, 6.45) is -1.09. The second-order valence-corrected chi connectivity index (χ2v) is 4.53. The number of hydrogen-bond acceptors (Lipinski definition) is 6. The molecule has 0 heterocycles. The van der Waals surface area contributed by atoms with Crippen molar-refractivity contribution in [2.24, 2.45) is 0 Å². The fourth-order valence-electron chi connectivity index (χ4n) is 0.627. The normalized spacial score (nSPS) is 10.7. The fourth-order valence-corrected chi connectivity index (χ4v) is 0.980. The molecule has 0 bridgehead atoms. The second kappa shape index (κ2) is 12.9. The Balaban J connectivity index is 0. The number of hydrogen-bond donors (Lipinski definition) is 5. The molecule has 0 aromatic rings. The van der Waals surface area contributed by atoms with Gasteiger partial charge in [-0.25, -0.2) is 0 Å². The van der Waals surface area contributed by atoms with Gasteiger partial charge in [0.15, 0.2) is 0 Å². The van der Waals surface area contributed by atoms with Crippen LogP contribution in [0.15, 0.2) is 0 Å². The largest absolute Gasteiger partial charge is 0.481 e. The van der Waals surface area contributed by atoms with E-state index in [9.17, 15) is 9.36 Å². The van der Waals surface area contributed by atoms with Crippen molar-refractivity contribution >= 4 is 13.6 Å². The van der Waals surface area contributed by atoms with Crippen molar-refractivity contribution < 1.29 is 43.9 Å². The smallest absolute Gasteiger partial charge is 0.336 e. The van der Waals surface area contributed by atoms with Gasteiger partial charge < -0.3 is 34.6 Å². The van der Waals surface area contributed by atoms with E-state index in [1.165, 1.54) is 0 Å². The van der Waals surface area contributed by atoms with Crippen LogP contribution < -0.4 is 0 Å². The first-order chi connectivity index (χ1) is 8.33. The van der Waals surface area contributed by atoms with Gasteiger partial charge in [-0.2, -0.15) is 0 Å². The Hall–Kier alpha value is -0.540. The molecule has 5 N–H and O–H groups in total. The molecule has 10 heteroatoms. The first kappa shape index (κ1) is 19.8. The molecule has 0 fully saturated rings. The molecule has 0 unspecified atom stereocenters. The minimum Gasteiger partial charge on any atom is -0.481 e. The summed E-state index contributed by atoms with van der Waals surface area (Å²) in [5, 5.41) is 24.3. The van der Waals surface area contributed by atoms with E-state index < -0.39 is 19.7 Å². The third-order valence-corrected chi connectivity index (χ3v) is 1.87. The molecule has 18 heavy (non-hydrogen) atoms. The molecule has 0 amide bonds. The van der Waals surface area contributed by atoms with E-state index in [4.69, 9.17) is 34.6 Å². The summed E-state index contributed by atoms with van der Waals surface area (Å²) < 4.78 is 19.5. The molecular weight excluding hydrogens is 271 g/mol. The van der Waals surface area contributed by atoms with Gasteiger partial charge in [0.05, 0.1) is 39.6 Å². The Morgan fingerprint density at radius 1 is 0.944 bits per heavy atom. The van der Waals surface area contributed by atoms with Crippen molar-refractivity contribution in [3.05, 3.63) is 0 Å². The quantitative estimate of drug-likeness (QED) is 0.246. The third kappa shape index (κ3) is 24.6. The molecule has 0 saturated carbocycles. The maximum absolute atomic E-state index is 9.76. The Kier molecular flexibility index (Phi) is 14.2. The molecule has 110 valence electrons. The molecule has 9 nitrogen and oxygen atoms in total. The molecule has 0 aromatic carbocycles. The van der Waals surface area contributed by atoms with Gasteiger partial charge in [-0.05, 0) is 0 Å². The average molecular weight is 290 g/mol. The predicted molar refractivity (Wildman–Crippen MR) is 60.4 cm³/mol. The van der Waals surface area contributed by atoms with Crippen molar-refractivity contribution in [1.29, 1.82) is 0 Å². The van der Waals surface area contributed by atoms with Crippen LogP contribution in [0.3, 0.4) is 0 Å². The molecule has 0 aliphatic heterocycles. The average Bonchev–Trinajstić information content (AvgIpc) is 2.20. The SMILES string of the molecule is O=C(O)CP(=O)(O)O.OCCOCCOCCO. The maximum atomic E-state index is 9.76. The van der Waals surface area contributed by atoms with Crippen LogP contribution in [0.4, 0.5) is 0 Å². The Morgan fingerprint density at radius 3 is 1.50 bits per heavy atom. The first-order valence-electron chi connectivity index (χ1n) is 4.97. The zero-order valence-electron chi connectivity index (χ0n) is 9.77. The van der Waals surface area contributed by atoms with Gasteiger partial charge in [0.25, 0.3) is 0 Å². The van der Waals surface area contributed by atoms with Gasteiger partial charge in [0.1, 0.15) is 6.16 Å². The number of aliphatic hydroxyl groups is 2. The highest BCUT2D eigenvalue weighted by Gasteiger charge is 2.17. The van der Waals surface area contributed by atoms with Crippen molar-refractivity contribution in [2.75, 3.05) is 45.8 Å². The lowest BCUT2D eigenvalue weighted by Crippen LogP contribution is -2.09. The fraction of sp³-hybridized carbons (Fsp3) is 0.875. The number of ether oxygens (including phenoxy) is 2. The first-order valence-corrected chi connectivity index (χ1v) is 6.76. The van der Waals surface area contributed by atoms with E-state index in [0.717, 1.165) is 0 Å². The minimum atomic E-state index is -4.32. The number of rotatable bonds is 9. The molecule has 0 spiro atoms. The number of aliphatic hydroxyl groups excluding tert-OH is 2. The van der Waals surface area contributed by atoms with Crippen LogP contribution in [0.5, 0.6) is 0 Å². The number of carboxylic acids is 1. The Bertz CT molecular complexity index is 231. The lowest BCUT2D eigenvalue weighted by molar-refractivity contribution is -0.134. The van der Waals surface area contributed by atoms with Crippen LogP contribution in [-0.4, -0.2) is 76.9 Å². The third-order valence-electron chi connectivity index (χ3n) is 1.18. The predicted octanol–water partition coefficient (Wildman–Crippen LogP) is -1.75. The van der Waals surface area contributed by atoms with E-state index in [2.05, 4.69) is 0 Å². The monoisotopic (exact) mass is 290 g/mol. The molecule has 0 atom stereocenters. The zero-order chi connectivity index (χ0) is 14.4. The molecule has 0 rings (SSSR count). The summed E-state index contributed by atoms with van der Waals surface area (Å²) in [7, 11) is -4.32. The van der Waals surface area contributed by atoms with Gasteiger partial charge in [0, 0.05) is 0 Å². The Labute approximate surface area is 104 Å². The van der Waals surface area contributed by atoms with Crippen LogP contribution in [-0.2, 0) is 18.8 Å². The van der Waals surface area contributed by atoms with Crippen LogP contribution in [0.1, 0.15) is 0 Å². The summed E-state index contributed by atoms with van der Waals surface area (Å²) in [5.41, 5.74) is 0. The van der Waals surface area contributed by atoms with Crippen LogP contribution in [0.25, 0.3) is 0 Å². The summed E-state index contributed by atoms with van der Waals surface area (Å²) in [6, 6.07) is 0. The Morgan fingerprint density at radius 2 is 1.33 bits per heavy atom. The maximum Gasteiger partial charge on any atom is 0.336 e. The topological polar surface area (TPSA) is 154 Å². The van der Waals surface area contributed by atoms with E-state index >= 15 is 0 Å². The van der Waals surface area contributed by atoms with Gasteiger partial charge in [0.2, 0.25) is 0 Å². The summed E-state index contributed by atoms with van der Waals surface area (Å²) in [5.74, 6) is -1.49. The van der Waals surface area contributed by atoms with Gasteiger partial charge in [-0.3, -0.25) is 9.36 Å². The molecule has 0 aromatic heterocycles. The molecule has 0 aliphatic carbocycles. The van der Waals surface area contributed by atoms with Crippen LogP contribution in [0, 0.1) is 0 Å².